The molecule has 1 aromatic rings. The van der Waals surface area contributed by atoms with E-state index in [1.807, 2.05) is 14.1 Å². The van der Waals surface area contributed by atoms with Crippen LogP contribution in [0.1, 0.15) is 45.7 Å². The number of rotatable bonds is 5. The van der Waals surface area contributed by atoms with Crippen LogP contribution in [0.4, 0.5) is 5.13 Å². The van der Waals surface area contributed by atoms with Gasteiger partial charge in [-0.1, -0.05) is 27.2 Å². The fraction of sp³-hybridized carbons (Fsp3) is 0.750. The number of thiazole rings is 1. The standard InChI is InChI=1S/C12H22N2S/c1-6-8-12(3,7-2)10-9-15-11(13-10)14(4)5/h9H,6-8H2,1-5H3. The maximum Gasteiger partial charge on any atom is 0.184 e. The van der Waals surface area contributed by atoms with E-state index < -0.39 is 0 Å². The molecule has 0 aromatic carbocycles. The van der Waals surface area contributed by atoms with Crippen molar-refractivity contribution in [3.8, 4) is 0 Å². The third-order valence-electron chi connectivity index (χ3n) is 3.08. The van der Waals surface area contributed by atoms with Gasteiger partial charge in [0.2, 0.25) is 0 Å². The van der Waals surface area contributed by atoms with E-state index in [-0.39, 0.29) is 5.41 Å². The third-order valence-corrected chi connectivity index (χ3v) is 4.08. The Labute approximate surface area is 97.3 Å². The lowest BCUT2D eigenvalue weighted by molar-refractivity contribution is 0.404. The molecule has 0 N–H and O–H groups in total. The summed E-state index contributed by atoms with van der Waals surface area (Å²) in [5.74, 6) is 0. The minimum atomic E-state index is 0.263. The average molecular weight is 226 g/mol. The van der Waals surface area contributed by atoms with E-state index in [4.69, 9.17) is 4.98 Å². The number of aromatic nitrogens is 1. The molecule has 1 aromatic heterocycles. The molecule has 0 saturated carbocycles. The fourth-order valence-corrected chi connectivity index (χ4v) is 2.70. The van der Waals surface area contributed by atoms with Crippen molar-refractivity contribution in [2.75, 3.05) is 19.0 Å². The van der Waals surface area contributed by atoms with E-state index in [1.165, 1.54) is 18.5 Å². The van der Waals surface area contributed by atoms with Crippen molar-refractivity contribution in [3.05, 3.63) is 11.1 Å². The van der Waals surface area contributed by atoms with E-state index in [1.54, 1.807) is 11.3 Å². The maximum atomic E-state index is 4.72. The minimum absolute atomic E-state index is 0.263. The summed E-state index contributed by atoms with van der Waals surface area (Å²) in [5, 5.41) is 3.33. The van der Waals surface area contributed by atoms with Crippen LogP contribution in [0.15, 0.2) is 5.38 Å². The Kier molecular flexibility index (Phi) is 4.14. The second-order valence-electron chi connectivity index (χ2n) is 4.57. The maximum absolute atomic E-state index is 4.72. The van der Waals surface area contributed by atoms with Crippen molar-refractivity contribution < 1.29 is 0 Å². The highest BCUT2D eigenvalue weighted by Gasteiger charge is 2.26. The van der Waals surface area contributed by atoms with E-state index >= 15 is 0 Å². The molecule has 0 radical (unpaired) electrons. The molecule has 2 nitrogen and oxygen atoms in total. The molecule has 3 heteroatoms. The van der Waals surface area contributed by atoms with E-state index in [0.29, 0.717) is 0 Å². The summed E-state index contributed by atoms with van der Waals surface area (Å²) in [6.45, 7) is 6.82. The topological polar surface area (TPSA) is 16.1 Å². The summed E-state index contributed by atoms with van der Waals surface area (Å²) in [7, 11) is 4.09. The molecule has 1 atom stereocenters. The van der Waals surface area contributed by atoms with Gasteiger partial charge in [0.1, 0.15) is 0 Å². The zero-order valence-electron chi connectivity index (χ0n) is 10.5. The van der Waals surface area contributed by atoms with Gasteiger partial charge in [-0.15, -0.1) is 11.3 Å². The molecule has 0 saturated heterocycles. The smallest absolute Gasteiger partial charge is 0.184 e. The second-order valence-corrected chi connectivity index (χ2v) is 5.41. The van der Waals surface area contributed by atoms with E-state index in [2.05, 4.69) is 31.1 Å². The molecule has 0 fully saturated rings. The van der Waals surface area contributed by atoms with Crippen LogP contribution < -0.4 is 4.90 Å². The summed E-state index contributed by atoms with van der Waals surface area (Å²) < 4.78 is 0. The Morgan fingerprint density at radius 1 is 1.40 bits per heavy atom. The summed E-state index contributed by atoms with van der Waals surface area (Å²) in [5.41, 5.74) is 1.53. The van der Waals surface area contributed by atoms with Crippen LogP contribution >= 0.6 is 11.3 Å². The van der Waals surface area contributed by atoms with Gasteiger partial charge in [-0.3, -0.25) is 0 Å². The first-order valence-electron chi connectivity index (χ1n) is 5.67. The zero-order chi connectivity index (χ0) is 11.5. The summed E-state index contributed by atoms with van der Waals surface area (Å²) in [4.78, 5) is 6.80. The van der Waals surface area contributed by atoms with Gasteiger partial charge < -0.3 is 4.90 Å². The van der Waals surface area contributed by atoms with Crippen LogP contribution in [0, 0.1) is 0 Å². The summed E-state index contributed by atoms with van der Waals surface area (Å²) in [6.07, 6.45) is 3.61. The first-order valence-corrected chi connectivity index (χ1v) is 6.54. The SMILES string of the molecule is CCCC(C)(CC)c1csc(N(C)C)n1. The van der Waals surface area contributed by atoms with Gasteiger partial charge in [0.15, 0.2) is 5.13 Å². The molecule has 1 unspecified atom stereocenters. The molecule has 0 amide bonds. The van der Waals surface area contributed by atoms with Crippen LogP contribution in [-0.2, 0) is 5.41 Å². The average Bonchev–Trinajstić information content (AvgIpc) is 2.67. The van der Waals surface area contributed by atoms with Gasteiger partial charge >= 0.3 is 0 Å². The van der Waals surface area contributed by atoms with Crippen LogP contribution in [0.5, 0.6) is 0 Å². The highest BCUT2D eigenvalue weighted by atomic mass is 32.1. The van der Waals surface area contributed by atoms with Gasteiger partial charge in [-0.25, -0.2) is 4.98 Å². The Morgan fingerprint density at radius 3 is 2.47 bits per heavy atom. The molecular formula is C12H22N2S. The number of nitrogens with zero attached hydrogens (tertiary/aromatic N) is 2. The highest BCUT2D eigenvalue weighted by molar-refractivity contribution is 7.13. The molecular weight excluding hydrogens is 204 g/mol. The first kappa shape index (κ1) is 12.5. The molecule has 15 heavy (non-hydrogen) atoms. The van der Waals surface area contributed by atoms with Crippen molar-refractivity contribution in [1.29, 1.82) is 0 Å². The minimum Gasteiger partial charge on any atom is -0.354 e. The summed E-state index contributed by atoms with van der Waals surface area (Å²) >= 11 is 1.74. The number of hydrogen-bond acceptors (Lipinski definition) is 3. The molecule has 0 aliphatic heterocycles. The van der Waals surface area contributed by atoms with Crippen LogP contribution in [0.25, 0.3) is 0 Å². The third kappa shape index (κ3) is 2.71. The molecule has 0 aliphatic carbocycles. The van der Waals surface area contributed by atoms with Crippen molar-refractivity contribution >= 4 is 16.5 Å². The molecule has 86 valence electrons. The molecule has 1 heterocycles. The van der Waals surface area contributed by atoms with Crippen molar-refractivity contribution in [3.63, 3.8) is 0 Å². The molecule has 0 aliphatic rings. The van der Waals surface area contributed by atoms with Gasteiger partial charge in [0, 0.05) is 24.9 Å². The first-order chi connectivity index (χ1) is 7.03. The van der Waals surface area contributed by atoms with E-state index in [9.17, 15) is 0 Å². The lowest BCUT2D eigenvalue weighted by Crippen LogP contribution is -2.21. The summed E-state index contributed by atoms with van der Waals surface area (Å²) in [6, 6.07) is 0. The van der Waals surface area contributed by atoms with Gasteiger partial charge in [-0.05, 0) is 12.8 Å². The fourth-order valence-electron chi connectivity index (χ4n) is 1.78. The lowest BCUT2D eigenvalue weighted by atomic mass is 9.80. The van der Waals surface area contributed by atoms with Gasteiger partial charge in [-0.2, -0.15) is 0 Å². The van der Waals surface area contributed by atoms with E-state index in [0.717, 1.165) is 11.6 Å². The zero-order valence-corrected chi connectivity index (χ0v) is 11.3. The van der Waals surface area contributed by atoms with Crippen molar-refractivity contribution in [1.82, 2.24) is 4.98 Å². The Morgan fingerprint density at radius 2 is 2.07 bits per heavy atom. The van der Waals surface area contributed by atoms with Crippen LogP contribution in [-0.4, -0.2) is 19.1 Å². The monoisotopic (exact) mass is 226 g/mol. The lowest BCUT2D eigenvalue weighted by Gasteiger charge is -2.25. The molecule has 0 spiro atoms. The number of anilines is 1. The quantitative estimate of drug-likeness (QED) is 0.761. The Bertz CT molecular complexity index is 306. The van der Waals surface area contributed by atoms with Gasteiger partial charge in [0.25, 0.3) is 0 Å². The Balaban J connectivity index is 2.92. The highest BCUT2D eigenvalue weighted by Crippen LogP contribution is 2.34. The normalized spacial score (nSPS) is 15.0. The second kappa shape index (κ2) is 4.97. The van der Waals surface area contributed by atoms with Crippen LogP contribution in [0.3, 0.4) is 0 Å². The van der Waals surface area contributed by atoms with Gasteiger partial charge in [0.05, 0.1) is 5.69 Å². The van der Waals surface area contributed by atoms with Crippen molar-refractivity contribution in [2.24, 2.45) is 0 Å². The van der Waals surface area contributed by atoms with Crippen molar-refractivity contribution in [2.45, 2.75) is 45.4 Å². The largest absolute Gasteiger partial charge is 0.354 e. The predicted octanol–water partition coefficient (Wildman–Crippen LogP) is 3.68. The molecule has 0 bridgehead atoms. The van der Waals surface area contributed by atoms with Crippen LogP contribution in [0.2, 0.25) is 0 Å². The predicted molar refractivity (Wildman–Crippen MR) is 69.0 cm³/mol. The Hall–Kier alpha value is -0.570. The molecule has 1 rings (SSSR count). The number of hydrogen-bond donors (Lipinski definition) is 0.